The van der Waals surface area contributed by atoms with Crippen LogP contribution in [0.4, 0.5) is 0 Å². The van der Waals surface area contributed by atoms with Crippen LogP contribution in [-0.4, -0.2) is 12.8 Å². The van der Waals surface area contributed by atoms with Crippen LogP contribution >= 0.6 is 15.9 Å². The first-order valence-electron chi connectivity index (χ1n) is 4.76. The highest BCUT2D eigenvalue weighted by atomic mass is 79.9. The molecule has 3 nitrogen and oxygen atoms in total. The summed E-state index contributed by atoms with van der Waals surface area (Å²) in [7, 11) is 0. The Labute approximate surface area is 97.5 Å². The smallest absolute Gasteiger partial charge is 0.308 e. The van der Waals surface area contributed by atoms with E-state index in [9.17, 15) is 4.79 Å². The van der Waals surface area contributed by atoms with E-state index >= 15 is 0 Å². The lowest BCUT2D eigenvalue weighted by atomic mass is 10.3. The number of ether oxygens (including phenoxy) is 2. The number of esters is 1. The van der Waals surface area contributed by atoms with Crippen molar-refractivity contribution in [2.75, 3.05) is 6.79 Å². The van der Waals surface area contributed by atoms with Crippen LogP contribution in [0.2, 0.25) is 0 Å². The van der Waals surface area contributed by atoms with Crippen LogP contribution in [-0.2, 0) is 9.53 Å². The number of benzene rings is 1. The molecule has 1 aromatic rings. The highest BCUT2D eigenvalue weighted by Gasteiger charge is 2.00. The highest BCUT2D eigenvalue weighted by Crippen LogP contribution is 2.17. The maximum absolute atomic E-state index is 11.0. The van der Waals surface area contributed by atoms with Crippen molar-refractivity contribution >= 4 is 21.9 Å². The van der Waals surface area contributed by atoms with Crippen molar-refractivity contribution < 1.29 is 14.3 Å². The zero-order valence-corrected chi connectivity index (χ0v) is 10.1. The molecule has 0 spiro atoms. The van der Waals surface area contributed by atoms with E-state index in [2.05, 4.69) is 15.9 Å². The summed E-state index contributed by atoms with van der Waals surface area (Å²) in [6.07, 6.45) is 1.22. The van der Waals surface area contributed by atoms with E-state index < -0.39 is 0 Å². The molecule has 0 aliphatic rings. The Balaban J connectivity index is 2.28. The summed E-state index contributed by atoms with van der Waals surface area (Å²) in [6.45, 7) is 1.89. The van der Waals surface area contributed by atoms with Gasteiger partial charge in [-0.05, 0) is 24.6 Å². The molecule has 4 heteroatoms. The van der Waals surface area contributed by atoms with Crippen LogP contribution in [0.5, 0.6) is 5.75 Å². The molecule has 0 atom stereocenters. The second-order valence-electron chi connectivity index (χ2n) is 2.99. The summed E-state index contributed by atoms with van der Waals surface area (Å²) in [5.41, 5.74) is 0. The zero-order valence-electron chi connectivity index (χ0n) is 8.53. The van der Waals surface area contributed by atoms with Gasteiger partial charge in [0.15, 0.2) is 0 Å². The van der Waals surface area contributed by atoms with E-state index in [1.807, 2.05) is 25.1 Å². The topological polar surface area (TPSA) is 35.5 Å². The van der Waals surface area contributed by atoms with Crippen LogP contribution in [0.15, 0.2) is 28.7 Å². The van der Waals surface area contributed by atoms with Gasteiger partial charge < -0.3 is 9.47 Å². The van der Waals surface area contributed by atoms with Crippen molar-refractivity contribution in [1.29, 1.82) is 0 Å². The van der Waals surface area contributed by atoms with E-state index in [0.29, 0.717) is 12.2 Å². The first-order valence-corrected chi connectivity index (χ1v) is 5.55. The molecule has 0 unspecified atom stereocenters. The van der Waals surface area contributed by atoms with Crippen molar-refractivity contribution in [3.05, 3.63) is 28.7 Å². The second-order valence-corrected chi connectivity index (χ2v) is 3.90. The highest BCUT2D eigenvalue weighted by molar-refractivity contribution is 9.10. The maximum Gasteiger partial charge on any atom is 0.308 e. The number of carbonyl (C=O) groups excluding carboxylic acids is 1. The molecule has 0 aliphatic carbocycles. The summed E-state index contributed by atoms with van der Waals surface area (Å²) < 4.78 is 11.0. The zero-order chi connectivity index (χ0) is 11.1. The first kappa shape index (κ1) is 12.0. The Morgan fingerprint density at radius 3 is 2.93 bits per heavy atom. The second kappa shape index (κ2) is 6.45. The average molecular weight is 273 g/mol. The Hall–Kier alpha value is -1.03. The minimum Gasteiger partial charge on any atom is -0.457 e. The Kier molecular flexibility index (Phi) is 5.18. The minimum atomic E-state index is -0.229. The quantitative estimate of drug-likeness (QED) is 0.610. The number of hydrogen-bond acceptors (Lipinski definition) is 3. The fraction of sp³-hybridized carbons (Fsp3) is 0.364. The van der Waals surface area contributed by atoms with Crippen molar-refractivity contribution in [3.8, 4) is 5.75 Å². The lowest BCUT2D eigenvalue weighted by molar-refractivity contribution is -0.150. The molecule has 0 bridgehead atoms. The molecule has 0 saturated heterocycles. The van der Waals surface area contributed by atoms with Gasteiger partial charge in [0.1, 0.15) is 5.75 Å². The molecule has 1 rings (SSSR count). The number of halogens is 1. The van der Waals surface area contributed by atoms with Crippen LogP contribution in [0.25, 0.3) is 0 Å². The molecule has 1 aromatic carbocycles. The van der Waals surface area contributed by atoms with Gasteiger partial charge in [-0.3, -0.25) is 4.79 Å². The molecule has 0 fully saturated rings. The average Bonchev–Trinajstić information content (AvgIpc) is 2.18. The number of carbonyl (C=O) groups is 1. The third-order valence-electron chi connectivity index (χ3n) is 1.70. The summed E-state index contributed by atoms with van der Waals surface area (Å²) >= 11 is 3.32. The fourth-order valence-electron chi connectivity index (χ4n) is 0.996. The summed E-state index contributed by atoms with van der Waals surface area (Å²) in [6, 6.07) is 7.37. The van der Waals surface area contributed by atoms with E-state index in [4.69, 9.17) is 9.47 Å². The maximum atomic E-state index is 11.0. The van der Waals surface area contributed by atoms with E-state index in [1.165, 1.54) is 0 Å². The van der Waals surface area contributed by atoms with Gasteiger partial charge in [0, 0.05) is 10.9 Å². The molecule has 0 heterocycles. The predicted molar refractivity (Wildman–Crippen MR) is 60.6 cm³/mol. The van der Waals surface area contributed by atoms with Gasteiger partial charge in [0.05, 0.1) is 0 Å². The molecule has 0 N–H and O–H groups in total. The number of rotatable bonds is 5. The van der Waals surface area contributed by atoms with Gasteiger partial charge >= 0.3 is 5.97 Å². The summed E-state index contributed by atoms with van der Waals surface area (Å²) in [5.74, 6) is 0.446. The largest absolute Gasteiger partial charge is 0.457 e. The molecule has 0 aliphatic heterocycles. The van der Waals surface area contributed by atoms with Crippen LogP contribution in [0.3, 0.4) is 0 Å². The SMILES string of the molecule is CCCC(=O)OCOc1cccc(Br)c1. The lowest BCUT2D eigenvalue weighted by Crippen LogP contribution is -2.09. The third kappa shape index (κ3) is 4.83. The fourth-order valence-corrected chi connectivity index (χ4v) is 1.37. The molecular weight excluding hydrogens is 260 g/mol. The van der Waals surface area contributed by atoms with E-state index in [-0.39, 0.29) is 12.8 Å². The van der Waals surface area contributed by atoms with Crippen LogP contribution < -0.4 is 4.74 Å². The molecule has 0 amide bonds. The van der Waals surface area contributed by atoms with Crippen LogP contribution in [0.1, 0.15) is 19.8 Å². The standard InChI is InChI=1S/C11H13BrO3/c1-2-4-11(13)15-8-14-10-6-3-5-9(12)7-10/h3,5-7H,2,4,8H2,1H3. The van der Waals surface area contributed by atoms with Crippen molar-refractivity contribution in [3.63, 3.8) is 0 Å². The molecule has 82 valence electrons. The van der Waals surface area contributed by atoms with Crippen LogP contribution in [0, 0.1) is 0 Å². The molecular formula is C11H13BrO3. The minimum absolute atomic E-state index is 0.0325. The van der Waals surface area contributed by atoms with Gasteiger partial charge in [-0.1, -0.05) is 28.9 Å². The third-order valence-corrected chi connectivity index (χ3v) is 2.19. The van der Waals surface area contributed by atoms with Gasteiger partial charge in [-0.25, -0.2) is 0 Å². The Bertz CT molecular complexity index is 325. The molecule has 15 heavy (non-hydrogen) atoms. The van der Waals surface area contributed by atoms with Gasteiger partial charge in [0.2, 0.25) is 6.79 Å². The summed E-state index contributed by atoms with van der Waals surface area (Å²) in [5, 5.41) is 0. The normalized spacial score (nSPS) is 9.73. The monoisotopic (exact) mass is 272 g/mol. The summed E-state index contributed by atoms with van der Waals surface area (Å²) in [4.78, 5) is 11.0. The van der Waals surface area contributed by atoms with Crippen molar-refractivity contribution in [2.45, 2.75) is 19.8 Å². The van der Waals surface area contributed by atoms with Gasteiger partial charge in [-0.15, -0.1) is 0 Å². The first-order chi connectivity index (χ1) is 7.22. The van der Waals surface area contributed by atoms with Crippen molar-refractivity contribution in [1.82, 2.24) is 0 Å². The van der Waals surface area contributed by atoms with E-state index in [0.717, 1.165) is 10.9 Å². The number of hydrogen-bond donors (Lipinski definition) is 0. The Morgan fingerprint density at radius 1 is 1.47 bits per heavy atom. The van der Waals surface area contributed by atoms with Crippen molar-refractivity contribution in [2.24, 2.45) is 0 Å². The molecule has 0 aromatic heterocycles. The van der Waals surface area contributed by atoms with Gasteiger partial charge in [-0.2, -0.15) is 0 Å². The Morgan fingerprint density at radius 2 is 2.27 bits per heavy atom. The molecule has 0 saturated carbocycles. The lowest BCUT2D eigenvalue weighted by Gasteiger charge is -2.06. The predicted octanol–water partition coefficient (Wildman–Crippen LogP) is 3.13. The molecule has 0 radical (unpaired) electrons. The van der Waals surface area contributed by atoms with Gasteiger partial charge in [0.25, 0.3) is 0 Å². The van der Waals surface area contributed by atoms with E-state index in [1.54, 1.807) is 6.07 Å².